The van der Waals surface area contributed by atoms with Crippen molar-refractivity contribution in [3.05, 3.63) is 35.4 Å². The second-order valence-corrected chi connectivity index (χ2v) is 4.49. The van der Waals surface area contributed by atoms with Gasteiger partial charge < -0.3 is 10.5 Å². The Balaban J connectivity index is 2.05. The molecule has 6 heteroatoms. The van der Waals surface area contributed by atoms with Crippen molar-refractivity contribution in [2.24, 2.45) is 5.73 Å². The maximum Gasteiger partial charge on any atom is 0.263 e. The smallest absolute Gasteiger partial charge is 0.263 e. The van der Waals surface area contributed by atoms with E-state index < -0.39 is 6.43 Å². The fraction of sp³-hybridized carbons (Fsp3) is 0.538. The Kier molecular flexibility index (Phi) is 5.21. The van der Waals surface area contributed by atoms with Crippen LogP contribution in [0.5, 0.6) is 0 Å². The lowest BCUT2D eigenvalue weighted by Crippen LogP contribution is -2.48. The molecule has 1 unspecified atom stereocenters. The first-order valence-corrected chi connectivity index (χ1v) is 6.37. The highest BCUT2D eigenvalue weighted by Crippen LogP contribution is 2.22. The Labute approximate surface area is 111 Å². The molecule has 0 amide bonds. The van der Waals surface area contributed by atoms with Crippen molar-refractivity contribution in [3.8, 4) is 0 Å². The first kappa shape index (κ1) is 14.3. The standard InChI is InChI=1S/C13H19F2N3O/c14-13(15)11-3-1-2-10(8-11)12(9-16)17-18-4-6-19-7-5-18/h1-3,8,12-13,17H,4-7,9,16H2. The fourth-order valence-corrected chi connectivity index (χ4v) is 2.09. The van der Waals surface area contributed by atoms with Crippen LogP contribution in [0.3, 0.4) is 0 Å². The van der Waals surface area contributed by atoms with Gasteiger partial charge in [-0.2, -0.15) is 0 Å². The monoisotopic (exact) mass is 271 g/mol. The molecule has 1 atom stereocenters. The van der Waals surface area contributed by atoms with Gasteiger partial charge in [0.05, 0.1) is 19.3 Å². The molecule has 0 bridgehead atoms. The minimum atomic E-state index is -2.46. The van der Waals surface area contributed by atoms with E-state index in [1.54, 1.807) is 6.07 Å². The highest BCUT2D eigenvalue weighted by molar-refractivity contribution is 5.27. The molecule has 0 aromatic heterocycles. The lowest BCUT2D eigenvalue weighted by Gasteiger charge is -2.31. The number of ether oxygens (including phenoxy) is 1. The molecule has 2 rings (SSSR count). The predicted molar refractivity (Wildman–Crippen MR) is 68.7 cm³/mol. The molecule has 1 aromatic carbocycles. The second kappa shape index (κ2) is 6.91. The molecule has 0 saturated carbocycles. The van der Waals surface area contributed by atoms with Crippen LogP contribution in [0.1, 0.15) is 23.6 Å². The van der Waals surface area contributed by atoms with Crippen LogP contribution in [0, 0.1) is 0 Å². The molecule has 1 heterocycles. The number of nitrogens with zero attached hydrogens (tertiary/aromatic N) is 1. The average molecular weight is 271 g/mol. The first-order valence-electron chi connectivity index (χ1n) is 6.37. The van der Waals surface area contributed by atoms with Gasteiger partial charge in [-0.25, -0.2) is 19.2 Å². The Morgan fingerprint density at radius 2 is 1.95 bits per heavy atom. The zero-order valence-electron chi connectivity index (χ0n) is 10.7. The van der Waals surface area contributed by atoms with Crippen LogP contribution in [0.4, 0.5) is 8.78 Å². The first-order chi connectivity index (χ1) is 9.20. The quantitative estimate of drug-likeness (QED) is 0.851. The van der Waals surface area contributed by atoms with Gasteiger partial charge in [0.15, 0.2) is 0 Å². The maximum atomic E-state index is 12.7. The largest absolute Gasteiger partial charge is 0.379 e. The van der Waals surface area contributed by atoms with Gasteiger partial charge in [-0.15, -0.1) is 0 Å². The molecule has 106 valence electrons. The Morgan fingerprint density at radius 3 is 2.58 bits per heavy atom. The van der Waals surface area contributed by atoms with Crippen molar-refractivity contribution in [1.29, 1.82) is 0 Å². The lowest BCUT2D eigenvalue weighted by atomic mass is 10.0. The van der Waals surface area contributed by atoms with Gasteiger partial charge in [0, 0.05) is 25.2 Å². The summed E-state index contributed by atoms with van der Waals surface area (Å²) in [6.45, 7) is 3.23. The van der Waals surface area contributed by atoms with E-state index in [2.05, 4.69) is 5.43 Å². The van der Waals surface area contributed by atoms with Crippen LogP contribution in [-0.2, 0) is 4.74 Å². The minimum absolute atomic E-state index is 0.0275. The van der Waals surface area contributed by atoms with Gasteiger partial charge >= 0.3 is 0 Å². The molecular formula is C13H19F2N3O. The number of hydrazine groups is 1. The van der Waals surface area contributed by atoms with Gasteiger partial charge in [0.2, 0.25) is 0 Å². The van der Waals surface area contributed by atoms with E-state index in [9.17, 15) is 8.78 Å². The number of nitrogens with two attached hydrogens (primary N) is 1. The number of rotatable bonds is 5. The summed E-state index contributed by atoms with van der Waals surface area (Å²) in [6.07, 6.45) is -2.46. The Hall–Kier alpha value is -1.08. The topological polar surface area (TPSA) is 50.5 Å². The van der Waals surface area contributed by atoms with Crippen molar-refractivity contribution in [1.82, 2.24) is 10.4 Å². The van der Waals surface area contributed by atoms with Crippen molar-refractivity contribution in [2.45, 2.75) is 12.5 Å². The van der Waals surface area contributed by atoms with Gasteiger partial charge in [-0.1, -0.05) is 18.2 Å². The summed E-state index contributed by atoms with van der Waals surface area (Å²) in [6, 6.07) is 6.24. The number of alkyl halides is 2. The van der Waals surface area contributed by atoms with E-state index >= 15 is 0 Å². The van der Waals surface area contributed by atoms with Crippen LogP contribution < -0.4 is 11.2 Å². The molecule has 1 aliphatic rings. The zero-order chi connectivity index (χ0) is 13.7. The van der Waals surface area contributed by atoms with Gasteiger partial charge in [-0.05, 0) is 11.6 Å². The van der Waals surface area contributed by atoms with Crippen LogP contribution in [0.25, 0.3) is 0 Å². The van der Waals surface area contributed by atoms with E-state index in [1.165, 1.54) is 12.1 Å². The Morgan fingerprint density at radius 1 is 1.26 bits per heavy atom. The van der Waals surface area contributed by atoms with Crippen molar-refractivity contribution < 1.29 is 13.5 Å². The van der Waals surface area contributed by atoms with Crippen LogP contribution in [0.2, 0.25) is 0 Å². The molecule has 1 aromatic rings. The number of nitrogens with one attached hydrogen (secondary N) is 1. The van der Waals surface area contributed by atoms with E-state index in [1.807, 2.05) is 11.1 Å². The van der Waals surface area contributed by atoms with Crippen LogP contribution >= 0.6 is 0 Å². The third kappa shape index (κ3) is 3.94. The summed E-state index contributed by atoms with van der Waals surface area (Å²) in [5, 5.41) is 2.02. The number of benzene rings is 1. The lowest BCUT2D eigenvalue weighted by molar-refractivity contribution is 0.00403. The molecule has 1 fully saturated rings. The fourth-order valence-electron chi connectivity index (χ4n) is 2.09. The van der Waals surface area contributed by atoms with Crippen molar-refractivity contribution in [2.75, 3.05) is 32.8 Å². The second-order valence-electron chi connectivity index (χ2n) is 4.49. The Bertz CT molecular complexity index is 397. The van der Waals surface area contributed by atoms with E-state index in [-0.39, 0.29) is 11.6 Å². The molecular weight excluding hydrogens is 252 g/mol. The molecule has 1 aliphatic heterocycles. The van der Waals surface area contributed by atoms with Crippen molar-refractivity contribution in [3.63, 3.8) is 0 Å². The SMILES string of the molecule is NCC(NN1CCOCC1)c1cccc(C(F)F)c1. The van der Waals surface area contributed by atoms with Crippen molar-refractivity contribution >= 4 is 0 Å². The molecule has 3 N–H and O–H groups in total. The number of morpholine rings is 1. The molecule has 0 aliphatic carbocycles. The number of hydrogen-bond donors (Lipinski definition) is 2. The molecule has 19 heavy (non-hydrogen) atoms. The summed E-state index contributed by atoms with van der Waals surface area (Å²) in [7, 11) is 0. The minimum Gasteiger partial charge on any atom is -0.379 e. The highest BCUT2D eigenvalue weighted by Gasteiger charge is 2.17. The number of halogens is 2. The molecule has 4 nitrogen and oxygen atoms in total. The normalized spacial score (nSPS) is 18.7. The highest BCUT2D eigenvalue weighted by atomic mass is 19.3. The third-order valence-corrected chi connectivity index (χ3v) is 3.15. The number of hydrogen-bond acceptors (Lipinski definition) is 4. The summed E-state index contributed by atoms with van der Waals surface area (Å²) >= 11 is 0. The van der Waals surface area contributed by atoms with Gasteiger partial charge in [-0.3, -0.25) is 0 Å². The predicted octanol–water partition coefficient (Wildman–Crippen LogP) is 1.46. The van der Waals surface area contributed by atoms with E-state index in [0.29, 0.717) is 19.8 Å². The summed E-state index contributed by atoms with van der Waals surface area (Å²) in [5.74, 6) is 0. The van der Waals surface area contributed by atoms with Gasteiger partial charge in [0.25, 0.3) is 6.43 Å². The molecule has 0 radical (unpaired) electrons. The average Bonchev–Trinajstić information content (AvgIpc) is 2.46. The maximum absolute atomic E-state index is 12.7. The summed E-state index contributed by atoms with van der Waals surface area (Å²) in [5.41, 5.74) is 9.82. The zero-order valence-corrected chi connectivity index (χ0v) is 10.7. The van der Waals surface area contributed by atoms with E-state index in [4.69, 9.17) is 10.5 Å². The molecule has 1 saturated heterocycles. The van der Waals surface area contributed by atoms with E-state index in [0.717, 1.165) is 18.7 Å². The summed E-state index contributed by atoms with van der Waals surface area (Å²) < 4.78 is 30.6. The van der Waals surface area contributed by atoms with Gasteiger partial charge in [0.1, 0.15) is 0 Å². The van der Waals surface area contributed by atoms with Crippen LogP contribution in [-0.4, -0.2) is 37.9 Å². The summed E-state index contributed by atoms with van der Waals surface area (Å²) in [4.78, 5) is 0. The third-order valence-electron chi connectivity index (χ3n) is 3.15. The molecule has 0 spiro atoms. The van der Waals surface area contributed by atoms with Crippen LogP contribution in [0.15, 0.2) is 24.3 Å².